The van der Waals surface area contributed by atoms with E-state index in [4.69, 9.17) is 11.6 Å². The van der Waals surface area contributed by atoms with Gasteiger partial charge in [0.05, 0.1) is 16.3 Å². The molecular weight excluding hydrogens is 434 g/mol. The zero-order valence-corrected chi connectivity index (χ0v) is 16.9. The van der Waals surface area contributed by atoms with Crippen molar-refractivity contribution in [2.75, 3.05) is 0 Å². The minimum atomic E-state index is -0.176. The molecule has 4 nitrogen and oxygen atoms in total. The van der Waals surface area contributed by atoms with Crippen LogP contribution in [0.15, 0.2) is 57.8 Å². The van der Waals surface area contributed by atoms with Crippen LogP contribution in [0.1, 0.15) is 10.6 Å². The Labute approximate surface area is 167 Å². The molecular formula is C19H13BrClN3OS. The average Bonchev–Trinajstić information content (AvgIpc) is 3.02. The third-order valence-corrected chi connectivity index (χ3v) is 5.73. The highest BCUT2D eigenvalue weighted by Crippen LogP contribution is 2.30. The SMILES string of the molecule is Cc1nc2c(=O)n(Cc3ccc(Br)cc3)nc(-c3ccc(Cl)cc3)c2s1. The molecule has 0 aliphatic carbocycles. The van der Waals surface area contributed by atoms with E-state index in [2.05, 4.69) is 26.0 Å². The van der Waals surface area contributed by atoms with Crippen LogP contribution in [-0.2, 0) is 6.54 Å². The minimum absolute atomic E-state index is 0.176. The van der Waals surface area contributed by atoms with Gasteiger partial charge < -0.3 is 0 Å². The van der Waals surface area contributed by atoms with Crippen LogP contribution in [-0.4, -0.2) is 14.8 Å². The molecule has 2 heterocycles. The number of benzene rings is 2. The molecule has 0 radical (unpaired) electrons. The highest BCUT2D eigenvalue weighted by atomic mass is 79.9. The molecule has 0 saturated heterocycles. The highest BCUT2D eigenvalue weighted by molar-refractivity contribution is 9.10. The quantitative estimate of drug-likeness (QED) is 0.429. The Morgan fingerprint density at radius 3 is 2.50 bits per heavy atom. The first-order chi connectivity index (χ1) is 12.5. The van der Waals surface area contributed by atoms with Gasteiger partial charge in [0.1, 0.15) is 5.69 Å². The van der Waals surface area contributed by atoms with E-state index in [0.717, 1.165) is 31.0 Å². The van der Waals surface area contributed by atoms with Crippen molar-refractivity contribution < 1.29 is 0 Å². The van der Waals surface area contributed by atoms with E-state index in [9.17, 15) is 4.79 Å². The Morgan fingerprint density at radius 2 is 1.81 bits per heavy atom. The Balaban J connectivity index is 1.90. The second-order valence-corrected chi connectivity index (χ2v) is 8.41. The lowest BCUT2D eigenvalue weighted by Crippen LogP contribution is -2.24. The lowest BCUT2D eigenvalue weighted by Gasteiger charge is -2.09. The fraction of sp³-hybridized carbons (Fsp3) is 0.105. The fourth-order valence-electron chi connectivity index (χ4n) is 2.73. The van der Waals surface area contributed by atoms with Crippen LogP contribution in [0.2, 0.25) is 5.02 Å². The van der Waals surface area contributed by atoms with Crippen molar-refractivity contribution in [1.82, 2.24) is 14.8 Å². The van der Waals surface area contributed by atoms with Crippen molar-refractivity contribution in [1.29, 1.82) is 0 Å². The van der Waals surface area contributed by atoms with Gasteiger partial charge in [-0.3, -0.25) is 4.79 Å². The standard InChI is InChI=1S/C19H13BrClN3OS/c1-11-22-17-18(26-11)16(13-4-8-15(21)9-5-13)23-24(19(17)25)10-12-2-6-14(20)7-3-12/h2-9H,10H2,1H3. The third-order valence-electron chi connectivity index (χ3n) is 3.97. The van der Waals surface area contributed by atoms with Crippen LogP contribution in [0.25, 0.3) is 21.5 Å². The molecule has 0 bridgehead atoms. The number of thiazole rings is 1. The van der Waals surface area contributed by atoms with Gasteiger partial charge in [-0.15, -0.1) is 11.3 Å². The summed E-state index contributed by atoms with van der Waals surface area (Å²) in [7, 11) is 0. The number of aryl methyl sites for hydroxylation is 1. The molecule has 0 amide bonds. The molecule has 0 aliphatic rings. The molecule has 0 saturated carbocycles. The number of aromatic nitrogens is 3. The van der Waals surface area contributed by atoms with Crippen LogP contribution in [0.4, 0.5) is 0 Å². The summed E-state index contributed by atoms with van der Waals surface area (Å²) in [6.07, 6.45) is 0. The first kappa shape index (κ1) is 17.4. The van der Waals surface area contributed by atoms with Gasteiger partial charge in [0.15, 0.2) is 5.52 Å². The molecule has 0 unspecified atom stereocenters. The zero-order valence-electron chi connectivity index (χ0n) is 13.7. The topological polar surface area (TPSA) is 47.8 Å². The van der Waals surface area contributed by atoms with Crippen molar-refractivity contribution >= 4 is 49.1 Å². The maximum atomic E-state index is 12.9. The molecule has 2 aromatic carbocycles. The molecule has 0 atom stereocenters. The summed E-state index contributed by atoms with van der Waals surface area (Å²) in [6.45, 7) is 2.29. The summed E-state index contributed by atoms with van der Waals surface area (Å²) >= 11 is 10.9. The Kier molecular flexibility index (Phi) is 4.65. The molecule has 0 spiro atoms. The predicted octanol–water partition coefficient (Wildman–Crippen LogP) is 5.29. The van der Waals surface area contributed by atoms with Crippen LogP contribution in [0.5, 0.6) is 0 Å². The summed E-state index contributed by atoms with van der Waals surface area (Å²) < 4.78 is 3.28. The Hall–Kier alpha value is -2.02. The van der Waals surface area contributed by atoms with Gasteiger partial charge in [-0.1, -0.05) is 51.8 Å². The van der Waals surface area contributed by atoms with E-state index in [-0.39, 0.29) is 5.56 Å². The van der Waals surface area contributed by atoms with Crippen molar-refractivity contribution in [3.63, 3.8) is 0 Å². The maximum Gasteiger partial charge on any atom is 0.294 e. The number of nitrogens with zero attached hydrogens (tertiary/aromatic N) is 3. The van der Waals surface area contributed by atoms with Crippen molar-refractivity contribution in [3.05, 3.63) is 79.0 Å². The summed E-state index contributed by atoms with van der Waals surface area (Å²) in [5, 5.41) is 6.16. The third kappa shape index (κ3) is 3.32. The number of hydrogen-bond donors (Lipinski definition) is 0. The molecule has 0 aliphatic heterocycles. The van der Waals surface area contributed by atoms with E-state index in [1.165, 1.54) is 16.0 Å². The predicted molar refractivity (Wildman–Crippen MR) is 110 cm³/mol. The maximum absolute atomic E-state index is 12.9. The number of halogens is 2. The van der Waals surface area contributed by atoms with Gasteiger partial charge in [-0.2, -0.15) is 5.10 Å². The summed E-state index contributed by atoms with van der Waals surface area (Å²) in [5.74, 6) is 0. The smallest absolute Gasteiger partial charge is 0.265 e. The largest absolute Gasteiger partial charge is 0.294 e. The first-order valence-electron chi connectivity index (χ1n) is 7.90. The van der Waals surface area contributed by atoms with Crippen LogP contribution >= 0.6 is 38.9 Å². The van der Waals surface area contributed by atoms with E-state index < -0.39 is 0 Å². The average molecular weight is 447 g/mol. The van der Waals surface area contributed by atoms with E-state index in [1.807, 2.05) is 55.5 Å². The monoisotopic (exact) mass is 445 g/mol. The zero-order chi connectivity index (χ0) is 18.3. The number of hydrogen-bond acceptors (Lipinski definition) is 4. The van der Waals surface area contributed by atoms with Crippen LogP contribution < -0.4 is 5.56 Å². The van der Waals surface area contributed by atoms with Gasteiger partial charge in [-0.25, -0.2) is 9.67 Å². The second-order valence-electron chi connectivity index (χ2n) is 5.86. The summed E-state index contributed by atoms with van der Waals surface area (Å²) in [4.78, 5) is 17.3. The molecule has 7 heteroatoms. The van der Waals surface area contributed by atoms with E-state index >= 15 is 0 Å². The normalized spacial score (nSPS) is 11.2. The highest BCUT2D eigenvalue weighted by Gasteiger charge is 2.16. The molecule has 26 heavy (non-hydrogen) atoms. The fourth-order valence-corrected chi connectivity index (χ4v) is 4.04. The number of rotatable bonds is 3. The van der Waals surface area contributed by atoms with Gasteiger partial charge in [-0.05, 0) is 36.8 Å². The Morgan fingerprint density at radius 1 is 1.12 bits per heavy atom. The van der Waals surface area contributed by atoms with Crippen molar-refractivity contribution in [2.24, 2.45) is 0 Å². The van der Waals surface area contributed by atoms with Crippen LogP contribution in [0.3, 0.4) is 0 Å². The van der Waals surface area contributed by atoms with E-state index in [1.54, 1.807) is 0 Å². The summed E-state index contributed by atoms with van der Waals surface area (Å²) in [5.41, 5.74) is 2.94. The second kappa shape index (κ2) is 6.95. The molecule has 4 aromatic rings. The summed E-state index contributed by atoms with van der Waals surface area (Å²) in [6, 6.07) is 15.3. The molecule has 0 N–H and O–H groups in total. The minimum Gasteiger partial charge on any atom is -0.265 e. The molecule has 2 aromatic heterocycles. The number of fused-ring (bicyclic) bond motifs is 1. The van der Waals surface area contributed by atoms with Gasteiger partial charge in [0.2, 0.25) is 0 Å². The first-order valence-corrected chi connectivity index (χ1v) is 9.88. The van der Waals surface area contributed by atoms with Crippen LogP contribution in [0, 0.1) is 6.92 Å². The molecule has 4 rings (SSSR count). The molecule has 0 fully saturated rings. The lowest BCUT2D eigenvalue weighted by molar-refractivity contribution is 0.650. The molecule has 130 valence electrons. The van der Waals surface area contributed by atoms with Crippen molar-refractivity contribution in [3.8, 4) is 11.3 Å². The van der Waals surface area contributed by atoms with Gasteiger partial charge in [0.25, 0.3) is 5.56 Å². The van der Waals surface area contributed by atoms with E-state index in [0.29, 0.717) is 17.1 Å². The lowest BCUT2D eigenvalue weighted by atomic mass is 10.1. The van der Waals surface area contributed by atoms with Gasteiger partial charge in [0, 0.05) is 15.1 Å². The Bertz CT molecular complexity index is 1150. The van der Waals surface area contributed by atoms with Gasteiger partial charge >= 0.3 is 0 Å². The van der Waals surface area contributed by atoms with Crippen molar-refractivity contribution in [2.45, 2.75) is 13.5 Å².